The molecule has 0 aromatic heterocycles. The second-order valence-electron chi connectivity index (χ2n) is 20.7. The minimum Gasteiger partial charge on any atom is -0.0679 e. The Balaban J connectivity index is 1.27. The van der Waals surface area contributed by atoms with Crippen LogP contribution in [0.25, 0.3) is 45.5 Å². The van der Waals surface area contributed by atoms with Crippen molar-refractivity contribution in [2.75, 3.05) is 0 Å². The predicted octanol–water partition coefficient (Wildman–Crippen LogP) is 16.1. The van der Waals surface area contributed by atoms with Crippen molar-refractivity contribution in [2.24, 2.45) is 5.41 Å². The third-order valence-corrected chi connectivity index (χ3v) is 18.3. The Labute approximate surface area is 340 Å². The van der Waals surface area contributed by atoms with E-state index in [1.54, 1.807) is 22.3 Å². The van der Waals surface area contributed by atoms with Gasteiger partial charge in [0.15, 0.2) is 0 Å². The Morgan fingerprint density at radius 2 is 1.09 bits per heavy atom. The van der Waals surface area contributed by atoms with Gasteiger partial charge >= 0.3 is 0 Å². The quantitative estimate of drug-likeness (QED) is 0.145. The van der Waals surface area contributed by atoms with Crippen LogP contribution in [-0.2, 0) is 10.8 Å². The summed E-state index contributed by atoms with van der Waals surface area (Å²) in [6.45, 7) is 24.6. The summed E-state index contributed by atoms with van der Waals surface area (Å²) < 4.78 is 0. The molecule has 0 nitrogen and oxygen atoms in total. The van der Waals surface area contributed by atoms with E-state index >= 15 is 0 Å². The lowest BCUT2D eigenvalue weighted by Crippen LogP contribution is -2.43. The SMILES string of the molecule is CC1=Cc2c(-c3cc(C(C)(C)C)cc(C(C)(C)C)c3)cccc2C1[Si](C)(C)C1C(CC2(C)CCCCC2)=Cc2c(-c3ccccc3-c3ccccc3)cccc21. The van der Waals surface area contributed by atoms with Crippen LogP contribution in [0.3, 0.4) is 0 Å². The Kier molecular flexibility index (Phi) is 9.88. The summed E-state index contributed by atoms with van der Waals surface area (Å²) in [6, 6.07) is 42.0. The predicted molar refractivity (Wildman–Crippen MR) is 247 cm³/mol. The maximum Gasteiger partial charge on any atom is 0.0722 e. The minimum absolute atomic E-state index is 0.0746. The summed E-state index contributed by atoms with van der Waals surface area (Å²) in [6.07, 6.45) is 13.3. The van der Waals surface area contributed by atoms with Crippen LogP contribution in [0, 0.1) is 5.41 Å². The van der Waals surface area contributed by atoms with Crippen molar-refractivity contribution in [3.63, 3.8) is 0 Å². The zero-order valence-electron chi connectivity index (χ0n) is 35.9. The van der Waals surface area contributed by atoms with E-state index in [0.29, 0.717) is 16.5 Å². The Morgan fingerprint density at radius 1 is 0.554 bits per heavy atom. The van der Waals surface area contributed by atoms with Crippen LogP contribution in [0.15, 0.2) is 120 Å². The summed E-state index contributed by atoms with van der Waals surface area (Å²) >= 11 is 0. The zero-order valence-corrected chi connectivity index (χ0v) is 36.9. The molecule has 5 aromatic rings. The molecule has 288 valence electrons. The number of rotatable bonds is 7. The lowest BCUT2D eigenvalue weighted by Gasteiger charge is -2.42. The zero-order chi connectivity index (χ0) is 39.6. The van der Waals surface area contributed by atoms with Gasteiger partial charge in [0.25, 0.3) is 0 Å². The molecule has 0 spiro atoms. The second-order valence-corrected chi connectivity index (χ2v) is 25.5. The molecule has 1 fully saturated rings. The van der Waals surface area contributed by atoms with E-state index in [1.807, 2.05) is 0 Å². The van der Waals surface area contributed by atoms with Gasteiger partial charge < -0.3 is 0 Å². The molecular formula is C55H64Si. The standard InChI is InChI=1S/C55H64Si/c1-37-31-49-44(39-32-41(53(2,3)4)35-42(33-39)54(5,6)7)25-19-27-47(49)51(37)56(9,10)52-40(36-55(8)29-17-12-18-30-55)34-50-46(26-20-28-48(50)52)45-24-16-15-23-43(45)38-21-13-11-14-22-38/h11,13-16,19-28,31-35,51-52H,12,17-18,29-30,36H2,1-10H3. The van der Waals surface area contributed by atoms with Crippen molar-refractivity contribution >= 4 is 20.2 Å². The van der Waals surface area contributed by atoms with E-state index in [1.165, 1.54) is 94.2 Å². The summed E-state index contributed by atoms with van der Waals surface area (Å²) in [4.78, 5) is 0. The van der Waals surface area contributed by atoms with Gasteiger partial charge in [0.1, 0.15) is 0 Å². The molecule has 2 atom stereocenters. The van der Waals surface area contributed by atoms with E-state index in [2.05, 4.69) is 190 Å². The molecule has 5 aromatic carbocycles. The first kappa shape index (κ1) is 38.7. The summed E-state index contributed by atoms with van der Waals surface area (Å²) in [7, 11) is -2.13. The number of hydrogen-bond acceptors (Lipinski definition) is 0. The summed E-state index contributed by atoms with van der Waals surface area (Å²) in [5.74, 6) is 0. The van der Waals surface area contributed by atoms with Gasteiger partial charge in [0.2, 0.25) is 0 Å². The van der Waals surface area contributed by atoms with Gasteiger partial charge in [0, 0.05) is 11.1 Å². The number of fused-ring (bicyclic) bond motifs is 2. The lowest BCUT2D eigenvalue weighted by molar-refractivity contribution is 0.213. The molecule has 2 unspecified atom stereocenters. The minimum atomic E-state index is -2.13. The van der Waals surface area contributed by atoms with E-state index in [4.69, 9.17) is 0 Å². The Bertz CT molecular complexity index is 2300. The lowest BCUT2D eigenvalue weighted by atomic mass is 9.71. The molecule has 0 radical (unpaired) electrons. The highest BCUT2D eigenvalue weighted by Gasteiger charge is 2.49. The van der Waals surface area contributed by atoms with Crippen molar-refractivity contribution in [2.45, 2.75) is 129 Å². The molecule has 3 aliphatic rings. The number of allylic oxidation sites excluding steroid dienone is 2. The first-order valence-corrected chi connectivity index (χ1v) is 24.7. The van der Waals surface area contributed by atoms with Gasteiger partial charge in [-0.15, -0.1) is 0 Å². The summed E-state index contributed by atoms with van der Waals surface area (Å²) in [5, 5.41) is 0. The molecule has 0 amide bonds. The van der Waals surface area contributed by atoms with Gasteiger partial charge in [-0.25, -0.2) is 0 Å². The average Bonchev–Trinajstić information content (AvgIpc) is 3.71. The average molecular weight is 753 g/mol. The van der Waals surface area contributed by atoms with Gasteiger partial charge in [0.05, 0.1) is 8.07 Å². The van der Waals surface area contributed by atoms with E-state index in [-0.39, 0.29) is 10.8 Å². The van der Waals surface area contributed by atoms with Crippen molar-refractivity contribution < 1.29 is 0 Å². The molecule has 56 heavy (non-hydrogen) atoms. The molecule has 3 aliphatic carbocycles. The molecule has 0 heterocycles. The maximum absolute atomic E-state index is 2.73. The fourth-order valence-electron chi connectivity index (χ4n) is 11.0. The summed E-state index contributed by atoms with van der Waals surface area (Å²) in [5.41, 5.74) is 21.6. The molecule has 1 saturated carbocycles. The van der Waals surface area contributed by atoms with Crippen molar-refractivity contribution in [3.8, 4) is 33.4 Å². The van der Waals surface area contributed by atoms with Gasteiger partial charge in [-0.1, -0.05) is 213 Å². The monoisotopic (exact) mass is 752 g/mol. The second kappa shape index (κ2) is 14.3. The smallest absolute Gasteiger partial charge is 0.0679 e. The Morgan fingerprint density at radius 3 is 1.71 bits per heavy atom. The van der Waals surface area contributed by atoms with E-state index in [9.17, 15) is 0 Å². The number of hydrogen-bond donors (Lipinski definition) is 0. The normalized spacial score (nSPS) is 19.3. The van der Waals surface area contributed by atoms with Crippen LogP contribution >= 0.6 is 0 Å². The van der Waals surface area contributed by atoms with Gasteiger partial charge in [-0.2, -0.15) is 0 Å². The van der Waals surface area contributed by atoms with Crippen molar-refractivity contribution in [1.29, 1.82) is 0 Å². The highest BCUT2D eigenvalue weighted by Crippen LogP contribution is 2.57. The first-order valence-electron chi connectivity index (χ1n) is 21.5. The van der Waals surface area contributed by atoms with E-state index in [0.717, 1.165) is 0 Å². The van der Waals surface area contributed by atoms with Crippen LogP contribution in [0.1, 0.15) is 138 Å². The van der Waals surface area contributed by atoms with Crippen LogP contribution < -0.4 is 0 Å². The largest absolute Gasteiger partial charge is 0.0722 e. The molecule has 0 aliphatic heterocycles. The van der Waals surface area contributed by atoms with Crippen LogP contribution in [-0.4, -0.2) is 8.07 Å². The fourth-order valence-corrected chi connectivity index (χ4v) is 15.8. The number of benzene rings is 5. The third kappa shape index (κ3) is 7.04. The highest BCUT2D eigenvalue weighted by molar-refractivity contribution is 6.81. The van der Waals surface area contributed by atoms with Crippen molar-refractivity contribution in [3.05, 3.63) is 154 Å². The molecule has 0 saturated heterocycles. The molecule has 0 bridgehead atoms. The third-order valence-electron chi connectivity index (χ3n) is 13.9. The molecule has 8 rings (SSSR count). The first-order chi connectivity index (χ1) is 26.5. The van der Waals surface area contributed by atoms with Crippen molar-refractivity contribution in [1.82, 2.24) is 0 Å². The fraction of sp³-hybridized carbons (Fsp3) is 0.382. The molecular weight excluding hydrogens is 689 g/mol. The topological polar surface area (TPSA) is 0 Å². The van der Waals surface area contributed by atoms with Gasteiger partial charge in [-0.3, -0.25) is 0 Å². The van der Waals surface area contributed by atoms with Crippen LogP contribution in [0.2, 0.25) is 13.1 Å². The van der Waals surface area contributed by atoms with Crippen LogP contribution in [0.5, 0.6) is 0 Å². The van der Waals surface area contributed by atoms with Gasteiger partial charge in [-0.05, 0) is 109 Å². The molecule has 1 heteroatoms. The maximum atomic E-state index is 2.73. The van der Waals surface area contributed by atoms with E-state index < -0.39 is 8.07 Å². The Hall–Kier alpha value is -4.20. The van der Waals surface area contributed by atoms with Crippen LogP contribution in [0.4, 0.5) is 0 Å². The molecule has 0 N–H and O–H groups in total. The highest BCUT2D eigenvalue weighted by atomic mass is 28.3.